The number of benzene rings is 1. The van der Waals surface area contributed by atoms with Gasteiger partial charge in [-0.15, -0.1) is 10.1 Å². The second kappa shape index (κ2) is 7.26. The van der Waals surface area contributed by atoms with Gasteiger partial charge in [0.1, 0.15) is 22.9 Å². The van der Waals surface area contributed by atoms with Crippen molar-refractivity contribution in [2.45, 2.75) is 76.7 Å². The van der Waals surface area contributed by atoms with Crippen LogP contribution in [-0.4, -0.2) is 28.2 Å². The van der Waals surface area contributed by atoms with Gasteiger partial charge in [-0.2, -0.15) is 0 Å². The number of aromatic hydroxyl groups is 1. The number of rotatable bonds is 6. The van der Waals surface area contributed by atoms with E-state index in [0.29, 0.717) is 31.4 Å². The third-order valence-electron chi connectivity index (χ3n) is 6.35. The zero-order valence-electron chi connectivity index (χ0n) is 17.0. The fraction of sp³-hybridized carbons (Fsp3) is 0.667. The number of nitrogens with zero attached hydrogens (tertiary/aromatic N) is 1. The minimum atomic E-state index is -0.782. The molecule has 0 spiro atoms. The number of carbonyl (C=O) groups is 1. The predicted octanol–water partition coefficient (Wildman–Crippen LogP) is 4.28. The molecule has 1 aliphatic carbocycles. The number of fused-ring (bicyclic) bond motifs is 3. The van der Waals surface area contributed by atoms with Crippen LogP contribution in [-0.2, 0) is 15.0 Å². The van der Waals surface area contributed by atoms with Crippen molar-refractivity contribution in [3.63, 3.8) is 0 Å². The monoisotopic (exact) mass is 391 g/mol. The van der Waals surface area contributed by atoms with Crippen LogP contribution in [0.4, 0.5) is 0 Å². The van der Waals surface area contributed by atoms with Gasteiger partial charge in [0.2, 0.25) is 0 Å². The number of ether oxygens (including phenoxy) is 1. The van der Waals surface area contributed by atoms with E-state index in [0.717, 1.165) is 17.5 Å². The lowest BCUT2D eigenvalue weighted by atomic mass is 9.66. The first-order valence-electron chi connectivity index (χ1n) is 9.86. The molecule has 0 bridgehead atoms. The molecule has 1 aromatic carbocycles. The summed E-state index contributed by atoms with van der Waals surface area (Å²) in [6.07, 6.45) is 2.98. The highest BCUT2D eigenvalue weighted by Crippen LogP contribution is 2.54. The van der Waals surface area contributed by atoms with E-state index in [1.54, 1.807) is 6.07 Å². The van der Waals surface area contributed by atoms with Gasteiger partial charge >= 0.3 is 0 Å². The molecule has 2 aliphatic rings. The number of Topliss-reactive ketones (excluding diaryl/α,β-unsaturated/α-hetero) is 1. The third kappa shape index (κ3) is 3.93. The molecule has 0 amide bonds. The van der Waals surface area contributed by atoms with Crippen LogP contribution < -0.4 is 4.74 Å². The summed E-state index contributed by atoms with van der Waals surface area (Å²) in [4.78, 5) is 26.8. The Morgan fingerprint density at radius 1 is 1.39 bits per heavy atom. The molecule has 7 nitrogen and oxygen atoms in total. The Bertz CT molecular complexity index is 785. The molecule has 2 atom stereocenters. The SMILES string of the molecule is CC(C)(CCCO[N+](=O)[O-])c1cc(O)c2c(c1)OC(C)(C)[C@@H]1CCC(=O)C[C@@H]21. The van der Waals surface area contributed by atoms with Crippen LogP contribution in [0.25, 0.3) is 0 Å². The zero-order chi connectivity index (χ0) is 20.7. The molecule has 1 fully saturated rings. The molecule has 0 unspecified atom stereocenters. The lowest BCUT2D eigenvalue weighted by Crippen LogP contribution is -2.47. The number of phenolic OH excluding ortho intramolecular Hbond substituents is 1. The smallest absolute Gasteiger partial charge is 0.294 e. The van der Waals surface area contributed by atoms with Gasteiger partial charge < -0.3 is 14.7 Å². The third-order valence-corrected chi connectivity index (χ3v) is 6.35. The summed E-state index contributed by atoms with van der Waals surface area (Å²) in [6.45, 7) is 8.20. The van der Waals surface area contributed by atoms with Crippen molar-refractivity contribution in [3.05, 3.63) is 33.4 Å². The van der Waals surface area contributed by atoms with E-state index >= 15 is 0 Å². The van der Waals surface area contributed by atoms with Crippen molar-refractivity contribution in [1.29, 1.82) is 0 Å². The quantitative estimate of drug-likeness (QED) is 0.441. The number of hydrogen-bond donors (Lipinski definition) is 1. The first-order chi connectivity index (χ1) is 13.0. The molecule has 1 aliphatic heterocycles. The first kappa shape index (κ1) is 20.4. The van der Waals surface area contributed by atoms with Gasteiger partial charge in [0, 0.05) is 30.2 Å². The van der Waals surface area contributed by atoms with Crippen LogP contribution in [0.15, 0.2) is 12.1 Å². The Morgan fingerprint density at radius 3 is 2.79 bits per heavy atom. The normalized spacial score (nSPS) is 23.4. The molecule has 0 radical (unpaired) electrons. The molecular formula is C21H29NO6. The van der Waals surface area contributed by atoms with E-state index in [-0.39, 0.29) is 35.4 Å². The van der Waals surface area contributed by atoms with Gasteiger partial charge in [-0.25, -0.2) is 0 Å². The van der Waals surface area contributed by atoms with Crippen molar-refractivity contribution >= 4 is 5.78 Å². The van der Waals surface area contributed by atoms with Gasteiger partial charge in [0.15, 0.2) is 0 Å². The van der Waals surface area contributed by atoms with Crippen molar-refractivity contribution < 1.29 is 24.6 Å². The highest BCUT2D eigenvalue weighted by Gasteiger charge is 2.47. The van der Waals surface area contributed by atoms with Gasteiger partial charge in [0.25, 0.3) is 5.09 Å². The lowest BCUT2D eigenvalue weighted by molar-refractivity contribution is -0.757. The fourth-order valence-corrected chi connectivity index (χ4v) is 4.76. The minimum Gasteiger partial charge on any atom is -0.508 e. The molecule has 3 rings (SSSR count). The summed E-state index contributed by atoms with van der Waals surface area (Å²) in [5.74, 6) is 1.22. The van der Waals surface area contributed by atoms with Crippen molar-refractivity contribution in [2.75, 3.05) is 6.61 Å². The van der Waals surface area contributed by atoms with E-state index in [1.807, 2.05) is 33.8 Å². The van der Waals surface area contributed by atoms with Crippen LogP contribution in [0.5, 0.6) is 11.5 Å². The van der Waals surface area contributed by atoms with E-state index in [9.17, 15) is 20.0 Å². The summed E-state index contributed by atoms with van der Waals surface area (Å²) in [5, 5.41) is 20.4. The van der Waals surface area contributed by atoms with Crippen LogP contribution in [0.3, 0.4) is 0 Å². The zero-order valence-corrected chi connectivity index (χ0v) is 17.0. The highest BCUT2D eigenvalue weighted by molar-refractivity contribution is 5.81. The molecule has 1 heterocycles. The second-order valence-electron chi connectivity index (χ2n) is 9.15. The minimum absolute atomic E-state index is 0.0225. The van der Waals surface area contributed by atoms with Gasteiger partial charge in [-0.1, -0.05) is 13.8 Å². The van der Waals surface area contributed by atoms with E-state index < -0.39 is 10.7 Å². The van der Waals surface area contributed by atoms with E-state index in [2.05, 4.69) is 4.84 Å². The molecule has 0 saturated heterocycles. The Kier molecular flexibility index (Phi) is 5.30. The molecule has 1 N–H and O–H groups in total. The summed E-state index contributed by atoms with van der Waals surface area (Å²) in [5.41, 5.74) is 0.918. The van der Waals surface area contributed by atoms with Crippen molar-refractivity contribution in [1.82, 2.24) is 0 Å². The van der Waals surface area contributed by atoms with Crippen LogP contribution in [0.2, 0.25) is 0 Å². The molecule has 1 saturated carbocycles. The molecular weight excluding hydrogens is 362 g/mol. The lowest BCUT2D eigenvalue weighted by Gasteiger charge is -2.47. The first-order valence-corrected chi connectivity index (χ1v) is 9.86. The number of hydrogen-bond acceptors (Lipinski definition) is 6. The maximum absolute atomic E-state index is 12.1. The molecule has 1 aromatic rings. The van der Waals surface area contributed by atoms with Crippen LogP contribution in [0, 0.1) is 16.0 Å². The Morgan fingerprint density at radius 2 is 2.11 bits per heavy atom. The average molecular weight is 391 g/mol. The molecule has 154 valence electrons. The highest BCUT2D eigenvalue weighted by atomic mass is 16.9. The second-order valence-corrected chi connectivity index (χ2v) is 9.15. The Balaban J connectivity index is 1.89. The van der Waals surface area contributed by atoms with Gasteiger partial charge in [0.05, 0.1) is 6.61 Å². The summed E-state index contributed by atoms with van der Waals surface area (Å²) in [7, 11) is 0. The Labute approximate surface area is 165 Å². The number of phenols is 1. The molecule has 28 heavy (non-hydrogen) atoms. The fourth-order valence-electron chi connectivity index (χ4n) is 4.76. The predicted molar refractivity (Wildman–Crippen MR) is 103 cm³/mol. The molecule has 7 heteroatoms. The van der Waals surface area contributed by atoms with Crippen molar-refractivity contribution in [2.24, 2.45) is 5.92 Å². The summed E-state index contributed by atoms with van der Waals surface area (Å²) in [6, 6.07) is 3.71. The largest absolute Gasteiger partial charge is 0.508 e. The molecule has 0 aromatic heterocycles. The van der Waals surface area contributed by atoms with E-state index in [1.165, 1.54) is 0 Å². The van der Waals surface area contributed by atoms with Crippen LogP contribution >= 0.6 is 0 Å². The maximum atomic E-state index is 12.1. The Hall–Kier alpha value is -2.31. The van der Waals surface area contributed by atoms with Crippen LogP contribution in [0.1, 0.15) is 76.8 Å². The topological polar surface area (TPSA) is 98.9 Å². The van der Waals surface area contributed by atoms with E-state index in [4.69, 9.17) is 4.74 Å². The standard InChI is InChI=1S/C21H29NO6/c1-20(2,8-5-9-27-22(25)26)13-10-17(24)19-15-12-14(23)6-7-16(15)21(3,4)28-18(19)11-13/h10-11,15-16,24H,5-9,12H2,1-4H3/t15-,16-/m1/s1. The number of ketones is 1. The van der Waals surface area contributed by atoms with Gasteiger partial charge in [-0.05, 0) is 56.2 Å². The van der Waals surface area contributed by atoms with Crippen molar-refractivity contribution in [3.8, 4) is 11.5 Å². The maximum Gasteiger partial charge on any atom is 0.294 e. The van der Waals surface area contributed by atoms with Gasteiger partial charge in [-0.3, -0.25) is 4.79 Å². The number of carbonyl (C=O) groups excluding carboxylic acids is 1. The average Bonchev–Trinajstić information content (AvgIpc) is 2.57. The summed E-state index contributed by atoms with van der Waals surface area (Å²) >= 11 is 0. The summed E-state index contributed by atoms with van der Waals surface area (Å²) < 4.78 is 6.31.